The number of fused-ring (bicyclic) bond motifs is 1. The molecule has 120 valence electrons. The molecule has 0 bridgehead atoms. The van der Waals surface area contributed by atoms with E-state index in [2.05, 4.69) is 9.97 Å². The summed E-state index contributed by atoms with van der Waals surface area (Å²) >= 11 is 1.55. The third kappa shape index (κ3) is 2.76. The van der Waals surface area contributed by atoms with Gasteiger partial charge in [-0.3, -0.25) is 0 Å². The maximum Gasteiger partial charge on any atom is 0.246 e. The summed E-state index contributed by atoms with van der Waals surface area (Å²) in [5.74, 6) is 0. The second-order valence-electron chi connectivity index (χ2n) is 5.44. The Hall–Kier alpha value is -1.82. The quantitative estimate of drug-likeness (QED) is 0.850. The molecule has 0 spiro atoms. The van der Waals surface area contributed by atoms with Crippen LogP contribution in [0.4, 0.5) is 0 Å². The molecular weight excluding hydrogens is 332 g/mol. The van der Waals surface area contributed by atoms with Gasteiger partial charge in [-0.2, -0.15) is 9.57 Å². The standard InChI is InChI=1S/C15H16N4O2S2/c1-10-18-11-5-3-6-13(15(11)22-10)19(2)23(20,21)14-7-4-8-17-12(14)9-16/h4,7-8,13H,3,5-6H2,1-2H3. The fourth-order valence-electron chi connectivity index (χ4n) is 2.87. The van der Waals surface area contributed by atoms with Crippen molar-refractivity contribution in [3.05, 3.63) is 39.6 Å². The van der Waals surface area contributed by atoms with Crippen LogP contribution in [-0.4, -0.2) is 29.7 Å². The Morgan fingerprint density at radius 1 is 1.48 bits per heavy atom. The monoisotopic (exact) mass is 348 g/mol. The molecule has 2 aromatic rings. The van der Waals surface area contributed by atoms with Gasteiger partial charge in [-0.05, 0) is 38.3 Å². The van der Waals surface area contributed by atoms with Crippen molar-refractivity contribution >= 4 is 21.4 Å². The molecule has 0 saturated heterocycles. The van der Waals surface area contributed by atoms with Crippen LogP contribution in [0.2, 0.25) is 0 Å². The summed E-state index contributed by atoms with van der Waals surface area (Å²) < 4.78 is 27.3. The van der Waals surface area contributed by atoms with Crippen LogP contribution < -0.4 is 0 Å². The predicted octanol–water partition coefficient (Wildman–Crippen LogP) is 2.42. The van der Waals surface area contributed by atoms with Crippen molar-refractivity contribution in [3.63, 3.8) is 0 Å². The Morgan fingerprint density at radius 2 is 2.26 bits per heavy atom. The number of hydrogen-bond donors (Lipinski definition) is 0. The summed E-state index contributed by atoms with van der Waals surface area (Å²) in [6.07, 6.45) is 3.97. The number of aryl methyl sites for hydroxylation is 2. The Kier molecular flexibility index (Phi) is 4.19. The molecule has 0 fully saturated rings. The van der Waals surface area contributed by atoms with Crippen LogP contribution in [0.1, 0.15) is 40.2 Å². The van der Waals surface area contributed by atoms with Crippen molar-refractivity contribution in [1.29, 1.82) is 5.26 Å². The molecule has 2 heterocycles. The van der Waals surface area contributed by atoms with Crippen molar-refractivity contribution in [2.75, 3.05) is 7.05 Å². The average Bonchev–Trinajstić information content (AvgIpc) is 2.94. The zero-order valence-corrected chi connectivity index (χ0v) is 14.5. The fraction of sp³-hybridized carbons (Fsp3) is 0.400. The lowest BCUT2D eigenvalue weighted by atomic mass is 9.98. The first-order chi connectivity index (χ1) is 10.9. The van der Waals surface area contributed by atoms with E-state index < -0.39 is 10.0 Å². The number of rotatable bonds is 3. The first kappa shape index (κ1) is 16.1. The topological polar surface area (TPSA) is 87.0 Å². The molecule has 6 nitrogen and oxygen atoms in total. The maximum atomic E-state index is 12.9. The molecule has 0 aromatic carbocycles. The largest absolute Gasteiger partial charge is 0.246 e. The zero-order valence-electron chi connectivity index (χ0n) is 12.9. The minimum Gasteiger partial charge on any atom is -0.246 e. The van der Waals surface area contributed by atoms with Gasteiger partial charge in [0.05, 0.1) is 16.7 Å². The van der Waals surface area contributed by atoms with E-state index in [0.29, 0.717) is 0 Å². The predicted molar refractivity (Wildman–Crippen MR) is 86.4 cm³/mol. The highest BCUT2D eigenvalue weighted by atomic mass is 32.2. The summed E-state index contributed by atoms with van der Waals surface area (Å²) in [5, 5.41) is 10.1. The van der Waals surface area contributed by atoms with Crippen LogP contribution in [0.3, 0.4) is 0 Å². The Morgan fingerprint density at radius 3 is 3.00 bits per heavy atom. The summed E-state index contributed by atoms with van der Waals surface area (Å²) in [6, 6.07) is 4.58. The van der Waals surface area contributed by atoms with Crippen molar-refractivity contribution in [1.82, 2.24) is 14.3 Å². The molecule has 1 aliphatic rings. The number of nitrogens with zero attached hydrogens (tertiary/aromatic N) is 4. The summed E-state index contributed by atoms with van der Waals surface area (Å²) in [6.45, 7) is 1.93. The maximum absolute atomic E-state index is 12.9. The molecule has 1 unspecified atom stereocenters. The van der Waals surface area contributed by atoms with Crippen molar-refractivity contribution < 1.29 is 8.42 Å². The second kappa shape index (κ2) is 6.00. The van der Waals surface area contributed by atoms with Gasteiger partial charge in [-0.15, -0.1) is 11.3 Å². The molecular formula is C15H16N4O2S2. The average molecular weight is 348 g/mol. The van der Waals surface area contributed by atoms with E-state index in [1.165, 1.54) is 22.6 Å². The highest BCUT2D eigenvalue weighted by molar-refractivity contribution is 7.89. The minimum absolute atomic E-state index is 0.0432. The van der Waals surface area contributed by atoms with Gasteiger partial charge >= 0.3 is 0 Å². The second-order valence-corrected chi connectivity index (χ2v) is 8.64. The molecule has 0 radical (unpaired) electrons. The van der Waals surface area contributed by atoms with Gasteiger partial charge in [0.15, 0.2) is 5.69 Å². The van der Waals surface area contributed by atoms with E-state index in [9.17, 15) is 8.42 Å². The van der Waals surface area contributed by atoms with Crippen LogP contribution >= 0.6 is 11.3 Å². The van der Waals surface area contributed by atoms with Crippen LogP contribution in [0, 0.1) is 18.3 Å². The van der Waals surface area contributed by atoms with Gasteiger partial charge in [0.25, 0.3) is 0 Å². The van der Waals surface area contributed by atoms with Gasteiger partial charge in [-0.1, -0.05) is 0 Å². The summed E-state index contributed by atoms with van der Waals surface area (Å²) in [7, 11) is -2.22. The molecule has 1 aliphatic carbocycles. The van der Waals surface area contributed by atoms with Gasteiger partial charge in [0.1, 0.15) is 11.0 Å². The summed E-state index contributed by atoms with van der Waals surface area (Å²) in [4.78, 5) is 9.34. The van der Waals surface area contributed by atoms with Crippen molar-refractivity contribution in [2.24, 2.45) is 0 Å². The number of nitriles is 1. The van der Waals surface area contributed by atoms with Crippen molar-refractivity contribution in [3.8, 4) is 6.07 Å². The van der Waals surface area contributed by atoms with Gasteiger partial charge in [0, 0.05) is 18.1 Å². The third-order valence-electron chi connectivity index (χ3n) is 4.00. The Balaban J connectivity index is 2.03. The molecule has 3 rings (SSSR count). The van der Waals surface area contributed by atoms with Crippen LogP contribution in [0.25, 0.3) is 0 Å². The molecule has 2 aromatic heterocycles. The lowest BCUT2D eigenvalue weighted by Crippen LogP contribution is -2.33. The number of thiazole rings is 1. The normalized spacial score (nSPS) is 17.7. The van der Waals surface area contributed by atoms with Crippen molar-refractivity contribution in [2.45, 2.75) is 37.1 Å². The molecule has 1 atom stereocenters. The van der Waals surface area contributed by atoms with Gasteiger partial charge in [-0.25, -0.2) is 18.4 Å². The molecule has 0 N–H and O–H groups in total. The van der Waals surface area contributed by atoms with E-state index in [0.717, 1.165) is 34.8 Å². The number of hydrogen-bond acceptors (Lipinski definition) is 6. The summed E-state index contributed by atoms with van der Waals surface area (Å²) in [5.41, 5.74) is 0.924. The minimum atomic E-state index is -3.79. The highest BCUT2D eigenvalue weighted by Crippen LogP contribution is 2.39. The van der Waals surface area contributed by atoms with E-state index in [1.54, 1.807) is 18.4 Å². The van der Waals surface area contributed by atoms with E-state index in [-0.39, 0.29) is 16.6 Å². The van der Waals surface area contributed by atoms with Gasteiger partial charge in [0.2, 0.25) is 10.0 Å². The van der Waals surface area contributed by atoms with Crippen LogP contribution in [0.15, 0.2) is 23.2 Å². The van der Waals surface area contributed by atoms with E-state index >= 15 is 0 Å². The number of pyridine rings is 1. The lowest BCUT2D eigenvalue weighted by molar-refractivity contribution is 0.341. The molecule has 23 heavy (non-hydrogen) atoms. The number of aromatic nitrogens is 2. The lowest BCUT2D eigenvalue weighted by Gasteiger charge is -2.30. The first-order valence-electron chi connectivity index (χ1n) is 7.24. The third-order valence-corrected chi connectivity index (χ3v) is 7.01. The zero-order chi connectivity index (χ0) is 16.6. The first-order valence-corrected chi connectivity index (χ1v) is 9.50. The van der Waals surface area contributed by atoms with E-state index in [4.69, 9.17) is 5.26 Å². The molecule has 0 saturated carbocycles. The number of sulfonamides is 1. The van der Waals surface area contributed by atoms with Crippen LogP contribution in [-0.2, 0) is 16.4 Å². The smallest absolute Gasteiger partial charge is 0.246 e. The SMILES string of the molecule is Cc1nc2c(s1)C(N(C)S(=O)(=O)c1cccnc1C#N)CCC2. The fourth-order valence-corrected chi connectivity index (χ4v) is 5.54. The molecule has 0 amide bonds. The highest BCUT2D eigenvalue weighted by Gasteiger charge is 2.35. The molecule has 8 heteroatoms. The molecule has 0 aliphatic heterocycles. The van der Waals surface area contributed by atoms with Crippen LogP contribution in [0.5, 0.6) is 0 Å². The Labute approximate surface area is 139 Å². The van der Waals surface area contributed by atoms with E-state index in [1.807, 2.05) is 13.0 Å². The Bertz CT molecular complexity index is 883. The van der Waals surface area contributed by atoms with Gasteiger partial charge < -0.3 is 0 Å².